The van der Waals surface area contributed by atoms with Gasteiger partial charge in [-0.1, -0.05) is 20.8 Å². The highest BCUT2D eigenvalue weighted by Gasteiger charge is 2.32. The van der Waals surface area contributed by atoms with Gasteiger partial charge in [0.25, 0.3) is 0 Å². The summed E-state index contributed by atoms with van der Waals surface area (Å²) < 4.78 is 0. The molecule has 0 spiro atoms. The molecule has 1 rings (SSSR count). The zero-order chi connectivity index (χ0) is 9.14. The van der Waals surface area contributed by atoms with E-state index in [2.05, 4.69) is 31.1 Å². The highest BCUT2D eigenvalue weighted by molar-refractivity contribution is 5.78. The Hall–Kier alpha value is -0.730. The van der Waals surface area contributed by atoms with Crippen LogP contribution < -0.4 is 11.1 Å². The van der Waals surface area contributed by atoms with Crippen LogP contribution in [0, 0.1) is 11.8 Å². The summed E-state index contributed by atoms with van der Waals surface area (Å²) in [6.07, 6.45) is 1.23. The third-order valence-corrected chi connectivity index (χ3v) is 2.07. The van der Waals surface area contributed by atoms with Crippen molar-refractivity contribution in [2.24, 2.45) is 22.6 Å². The quantitative estimate of drug-likeness (QED) is 0.488. The molecule has 3 nitrogen and oxygen atoms in total. The van der Waals surface area contributed by atoms with E-state index in [1.54, 1.807) is 0 Å². The molecule has 2 atom stereocenters. The molecule has 12 heavy (non-hydrogen) atoms. The Morgan fingerprint density at radius 2 is 2.25 bits per heavy atom. The van der Waals surface area contributed by atoms with Gasteiger partial charge in [-0.25, -0.2) is 0 Å². The van der Waals surface area contributed by atoms with Crippen LogP contribution in [0.4, 0.5) is 0 Å². The predicted molar refractivity (Wildman–Crippen MR) is 52.0 cm³/mol. The summed E-state index contributed by atoms with van der Waals surface area (Å²) in [7, 11) is 0. The topological polar surface area (TPSA) is 50.4 Å². The van der Waals surface area contributed by atoms with Crippen LogP contribution >= 0.6 is 0 Å². The molecular formula is C9H19N3. The van der Waals surface area contributed by atoms with Crippen LogP contribution in [0.1, 0.15) is 27.2 Å². The van der Waals surface area contributed by atoms with E-state index in [-0.39, 0.29) is 0 Å². The van der Waals surface area contributed by atoms with Crippen LogP contribution in [0.5, 0.6) is 0 Å². The third kappa shape index (κ3) is 3.11. The van der Waals surface area contributed by atoms with Crippen LogP contribution in [0.15, 0.2) is 4.99 Å². The lowest BCUT2D eigenvalue weighted by Crippen LogP contribution is -2.34. The first-order valence-corrected chi connectivity index (χ1v) is 4.66. The second-order valence-corrected chi connectivity index (χ2v) is 4.08. The summed E-state index contributed by atoms with van der Waals surface area (Å²) in [5, 5.41) is 3.19. The van der Waals surface area contributed by atoms with Crippen LogP contribution in [-0.2, 0) is 0 Å². The number of hydrogen-bond acceptors (Lipinski definition) is 1. The van der Waals surface area contributed by atoms with Crippen molar-refractivity contribution in [1.29, 1.82) is 0 Å². The summed E-state index contributed by atoms with van der Waals surface area (Å²) in [5.74, 6) is 1.97. The highest BCUT2D eigenvalue weighted by atomic mass is 15.1. The van der Waals surface area contributed by atoms with Gasteiger partial charge in [-0.05, 0) is 18.3 Å². The summed E-state index contributed by atoms with van der Waals surface area (Å²) in [5.41, 5.74) is 5.66. The normalized spacial score (nSPS) is 29.2. The molecule has 70 valence electrons. The van der Waals surface area contributed by atoms with E-state index in [0.717, 1.165) is 12.5 Å². The Morgan fingerprint density at radius 1 is 1.67 bits per heavy atom. The van der Waals surface area contributed by atoms with Crippen LogP contribution in [0.3, 0.4) is 0 Å². The van der Waals surface area contributed by atoms with Crippen molar-refractivity contribution in [2.75, 3.05) is 6.54 Å². The number of nitrogens with two attached hydrogens (primary N) is 1. The van der Waals surface area contributed by atoms with Crippen molar-refractivity contribution < 1.29 is 0 Å². The molecule has 0 aromatic heterocycles. The molecule has 1 saturated carbocycles. The zero-order valence-electron chi connectivity index (χ0n) is 8.17. The molecule has 0 aliphatic heterocycles. The maximum Gasteiger partial charge on any atom is 0.188 e. The molecule has 0 radical (unpaired) electrons. The van der Waals surface area contributed by atoms with Gasteiger partial charge in [0.2, 0.25) is 0 Å². The Labute approximate surface area is 74.4 Å². The standard InChI is InChI=1S/C9H19N3/c1-6(2)5-11-9(10)12-8-4-7(8)3/h6-8H,4-5H2,1-3H3,(H3,10,11,12). The number of rotatable bonds is 3. The summed E-state index contributed by atoms with van der Waals surface area (Å²) in [6, 6.07) is 0.584. The van der Waals surface area contributed by atoms with Crippen LogP contribution in [-0.4, -0.2) is 18.5 Å². The fourth-order valence-electron chi connectivity index (χ4n) is 1.04. The number of guanidine groups is 1. The van der Waals surface area contributed by atoms with E-state index in [0.29, 0.717) is 17.9 Å². The molecule has 1 aliphatic carbocycles. The van der Waals surface area contributed by atoms with E-state index >= 15 is 0 Å². The van der Waals surface area contributed by atoms with Gasteiger partial charge >= 0.3 is 0 Å². The van der Waals surface area contributed by atoms with E-state index in [4.69, 9.17) is 5.73 Å². The second kappa shape index (κ2) is 3.78. The van der Waals surface area contributed by atoms with Crippen molar-refractivity contribution in [3.05, 3.63) is 0 Å². The van der Waals surface area contributed by atoms with Gasteiger partial charge in [0.15, 0.2) is 5.96 Å². The number of nitrogens with zero attached hydrogens (tertiary/aromatic N) is 1. The molecule has 0 amide bonds. The van der Waals surface area contributed by atoms with Gasteiger partial charge < -0.3 is 11.1 Å². The van der Waals surface area contributed by atoms with Gasteiger partial charge in [-0.3, -0.25) is 4.99 Å². The first-order valence-electron chi connectivity index (χ1n) is 4.66. The van der Waals surface area contributed by atoms with Crippen molar-refractivity contribution in [3.63, 3.8) is 0 Å². The van der Waals surface area contributed by atoms with Crippen LogP contribution in [0.25, 0.3) is 0 Å². The molecule has 3 heteroatoms. The fourth-order valence-corrected chi connectivity index (χ4v) is 1.04. The van der Waals surface area contributed by atoms with Gasteiger partial charge in [-0.15, -0.1) is 0 Å². The van der Waals surface area contributed by atoms with Crippen molar-refractivity contribution >= 4 is 5.96 Å². The summed E-state index contributed by atoms with van der Waals surface area (Å²) in [4.78, 5) is 4.22. The van der Waals surface area contributed by atoms with Crippen molar-refractivity contribution in [1.82, 2.24) is 5.32 Å². The minimum Gasteiger partial charge on any atom is -0.370 e. The molecule has 0 heterocycles. The van der Waals surface area contributed by atoms with Crippen LogP contribution in [0.2, 0.25) is 0 Å². The van der Waals surface area contributed by atoms with Gasteiger partial charge in [-0.2, -0.15) is 0 Å². The maximum absolute atomic E-state index is 5.66. The van der Waals surface area contributed by atoms with Gasteiger partial charge in [0, 0.05) is 12.6 Å². The first-order chi connectivity index (χ1) is 5.59. The molecule has 2 unspecified atom stereocenters. The Balaban J connectivity index is 2.18. The second-order valence-electron chi connectivity index (χ2n) is 4.08. The molecular weight excluding hydrogens is 150 g/mol. The highest BCUT2D eigenvalue weighted by Crippen LogP contribution is 2.28. The average Bonchev–Trinajstić information content (AvgIpc) is 2.62. The third-order valence-electron chi connectivity index (χ3n) is 2.07. The molecule has 0 saturated heterocycles. The maximum atomic E-state index is 5.66. The molecule has 0 aromatic rings. The van der Waals surface area contributed by atoms with Crippen molar-refractivity contribution in [3.8, 4) is 0 Å². The van der Waals surface area contributed by atoms with E-state index < -0.39 is 0 Å². The molecule has 1 fully saturated rings. The van der Waals surface area contributed by atoms with E-state index in [1.165, 1.54) is 6.42 Å². The summed E-state index contributed by atoms with van der Waals surface area (Å²) >= 11 is 0. The SMILES string of the molecule is CC(C)CN=C(N)NC1CC1C. The Bertz CT molecular complexity index is 175. The number of aliphatic imine (C=N–C) groups is 1. The van der Waals surface area contributed by atoms with Gasteiger partial charge in [0.05, 0.1) is 0 Å². The predicted octanol–water partition coefficient (Wildman–Crippen LogP) is 0.955. The largest absolute Gasteiger partial charge is 0.370 e. The average molecular weight is 169 g/mol. The smallest absolute Gasteiger partial charge is 0.188 e. The molecule has 0 aromatic carbocycles. The Morgan fingerprint density at radius 3 is 2.67 bits per heavy atom. The van der Waals surface area contributed by atoms with E-state index in [1.807, 2.05) is 0 Å². The van der Waals surface area contributed by atoms with E-state index in [9.17, 15) is 0 Å². The summed E-state index contributed by atoms with van der Waals surface area (Å²) in [6.45, 7) is 7.31. The molecule has 0 bridgehead atoms. The lowest BCUT2D eigenvalue weighted by molar-refractivity contribution is 0.660. The Kier molecular flexibility index (Phi) is 2.95. The molecule has 1 aliphatic rings. The van der Waals surface area contributed by atoms with Gasteiger partial charge in [0.1, 0.15) is 0 Å². The molecule has 3 N–H and O–H groups in total. The fraction of sp³-hybridized carbons (Fsp3) is 0.889. The monoisotopic (exact) mass is 169 g/mol. The lowest BCUT2D eigenvalue weighted by atomic mass is 10.2. The van der Waals surface area contributed by atoms with Crippen molar-refractivity contribution in [2.45, 2.75) is 33.2 Å². The minimum absolute atomic E-state index is 0.584. The number of hydrogen-bond donors (Lipinski definition) is 2. The number of nitrogens with one attached hydrogen (secondary N) is 1. The minimum atomic E-state index is 0.584. The zero-order valence-corrected chi connectivity index (χ0v) is 8.17. The first kappa shape index (κ1) is 9.36. The lowest BCUT2D eigenvalue weighted by Gasteiger charge is -2.04.